The predicted molar refractivity (Wildman–Crippen MR) is 68.5 cm³/mol. The highest BCUT2D eigenvalue weighted by Gasteiger charge is 2.50. The Morgan fingerprint density at radius 1 is 1.44 bits per heavy atom. The van der Waals surface area contributed by atoms with Crippen molar-refractivity contribution in [1.29, 1.82) is 0 Å². The van der Waals surface area contributed by atoms with Crippen LogP contribution < -0.4 is 4.74 Å². The third kappa shape index (κ3) is 2.16. The van der Waals surface area contributed by atoms with E-state index in [1.165, 1.54) is 0 Å². The molecular weight excluding hydrogens is 243 g/mol. The molecule has 1 aromatic carbocycles. The summed E-state index contributed by atoms with van der Waals surface area (Å²) in [5.41, 5.74) is 1.35. The smallest absolute Gasteiger partial charge is 0.123 e. The van der Waals surface area contributed by atoms with E-state index in [2.05, 4.69) is 13.8 Å². The summed E-state index contributed by atoms with van der Waals surface area (Å²) < 4.78 is 5.32. The molecule has 1 nitrogen and oxygen atoms in total. The number of halogens is 2. The van der Waals surface area contributed by atoms with Crippen molar-refractivity contribution in [2.24, 2.45) is 11.3 Å². The maximum atomic E-state index is 6.51. The first-order valence-electron chi connectivity index (χ1n) is 5.43. The first kappa shape index (κ1) is 12.1. The minimum absolute atomic E-state index is 0.0105. The second kappa shape index (κ2) is 4.12. The van der Waals surface area contributed by atoms with Crippen LogP contribution in [0.5, 0.6) is 5.75 Å². The fraction of sp³-hybridized carbons (Fsp3) is 0.538. The monoisotopic (exact) mass is 258 g/mol. The highest BCUT2D eigenvalue weighted by molar-refractivity contribution is 6.31. The van der Waals surface area contributed by atoms with Crippen LogP contribution >= 0.6 is 23.2 Å². The SMILES string of the molecule is COc1ccc(Cl)cc1C(Cl)C1CC1(C)C. The molecule has 0 spiro atoms. The molecule has 0 N–H and O–H groups in total. The van der Waals surface area contributed by atoms with E-state index in [1.54, 1.807) is 7.11 Å². The summed E-state index contributed by atoms with van der Waals surface area (Å²) in [6.07, 6.45) is 1.16. The molecule has 0 saturated heterocycles. The molecular formula is C13H16Cl2O. The van der Waals surface area contributed by atoms with Gasteiger partial charge in [-0.1, -0.05) is 25.4 Å². The summed E-state index contributed by atoms with van der Waals surface area (Å²) in [4.78, 5) is 0. The molecule has 0 radical (unpaired) electrons. The van der Waals surface area contributed by atoms with Crippen LogP contribution in [0, 0.1) is 11.3 Å². The van der Waals surface area contributed by atoms with Gasteiger partial charge in [-0.3, -0.25) is 0 Å². The number of alkyl halides is 1. The lowest BCUT2D eigenvalue weighted by molar-refractivity contribution is 0.406. The van der Waals surface area contributed by atoms with E-state index < -0.39 is 0 Å². The normalized spacial score (nSPS) is 23.9. The lowest BCUT2D eigenvalue weighted by Gasteiger charge is -2.15. The minimum atomic E-state index is -0.0105. The molecule has 2 unspecified atom stereocenters. The van der Waals surface area contributed by atoms with E-state index >= 15 is 0 Å². The van der Waals surface area contributed by atoms with Gasteiger partial charge in [-0.25, -0.2) is 0 Å². The zero-order valence-corrected chi connectivity index (χ0v) is 11.3. The molecule has 1 aliphatic carbocycles. The molecule has 1 fully saturated rings. The van der Waals surface area contributed by atoms with Crippen molar-refractivity contribution in [2.75, 3.05) is 7.11 Å². The lowest BCUT2D eigenvalue weighted by atomic mass is 10.0. The van der Waals surface area contributed by atoms with E-state index in [1.807, 2.05) is 18.2 Å². The Hall–Kier alpha value is -0.400. The summed E-state index contributed by atoms with van der Waals surface area (Å²) in [7, 11) is 1.66. The van der Waals surface area contributed by atoms with Crippen LogP contribution in [0.25, 0.3) is 0 Å². The topological polar surface area (TPSA) is 9.23 Å². The highest BCUT2D eigenvalue weighted by Crippen LogP contribution is 2.60. The largest absolute Gasteiger partial charge is 0.496 e. The Morgan fingerprint density at radius 2 is 2.06 bits per heavy atom. The van der Waals surface area contributed by atoms with Gasteiger partial charge in [0.05, 0.1) is 12.5 Å². The Balaban J connectivity index is 2.29. The van der Waals surface area contributed by atoms with Gasteiger partial charge in [-0.15, -0.1) is 11.6 Å². The number of ether oxygens (including phenoxy) is 1. The van der Waals surface area contributed by atoms with Crippen LogP contribution in [0.2, 0.25) is 5.02 Å². The molecule has 2 rings (SSSR count). The molecule has 0 bridgehead atoms. The number of hydrogen-bond acceptors (Lipinski definition) is 1. The van der Waals surface area contributed by atoms with E-state index in [9.17, 15) is 0 Å². The van der Waals surface area contributed by atoms with Crippen molar-refractivity contribution in [2.45, 2.75) is 25.6 Å². The zero-order valence-electron chi connectivity index (χ0n) is 9.76. The maximum Gasteiger partial charge on any atom is 0.123 e. The minimum Gasteiger partial charge on any atom is -0.496 e. The van der Waals surface area contributed by atoms with Gasteiger partial charge in [0.25, 0.3) is 0 Å². The van der Waals surface area contributed by atoms with Crippen LogP contribution in [0.4, 0.5) is 0 Å². The average molecular weight is 259 g/mol. The quantitative estimate of drug-likeness (QED) is 0.716. The van der Waals surface area contributed by atoms with Crippen molar-refractivity contribution in [3.63, 3.8) is 0 Å². The van der Waals surface area contributed by atoms with Gasteiger partial charge in [0.2, 0.25) is 0 Å². The summed E-state index contributed by atoms with van der Waals surface area (Å²) in [6.45, 7) is 4.48. The van der Waals surface area contributed by atoms with E-state index in [0.29, 0.717) is 16.4 Å². The van der Waals surface area contributed by atoms with Crippen LogP contribution in [0.3, 0.4) is 0 Å². The van der Waals surface area contributed by atoms with Crippen LogP contribution in [0.1, 0.15) is 31.2 Å². The van der Waals surface area contributed by atoms with E-state index in [0.717, 1.165) is 17.7 Å². The van der Waals surface area contributed by atoms with Crippen LogP contribution in [-0.2, 0) is 0 Å². The third-order valence-electron chi connectivity index (χ3n) is 3.43. The molecule has 2 atom stereocenters. The highest BCUT2D eigenvalue weighted by atomic mass is 35.5. The Kier molecular flexibility index (Phi) is 3.11. The molecule has 88 valence electrons. The summed E-state index contributed by atoms with van der Waals surface area (Å²) >= 11 is 12.5. The van der Waals surface area contributed by atoms with Crippen molar-refractivity contribution in [1.82, 2.24) is 0 Å². The van der Waals surface area contributed by atoms with Gasteiger partial charge >= 0.3 is 0 Å². The summed E-state index contributed by atoms with van der Waals surface area (Å²) in [5, 5.41) is 0.698. The van der Waals surface area contributed by atoms with Gasteiger partial charge in [0.1, 0.15) is 5.75 Å². The zero-order chi connectivity index (χ0) is 11.9. The molecule has 0 heterocycles. The van der Waals surface area contributed by atoms with Gasteiger partial charge in [-0.05, 0) is 36.0 Å². The summed E-state index contributed by atoms with van der Waals surface area (Å²) in [6, 6.07) is 5.61. The van der Waals surface area contributed by atoms with Gasteiger partial charge in [-0.2, -0.15) is 0 Å². The number of rotatable bonds is 3. The van der Waals surface area contributed by atoms with Crippen molar-refractivity contribution >= 4 is 23.2 Å². The molecule has 16 heavy (non-hydrogen) atoms. The standard InChI is InChI=1S/C13H16Cl2O/c1-13(2)7-10(13)12(15)9-6-8(14)4-5-11(9)16-3/h4-6,10,12H,7H2,1-3H3. The first-order valence-corrected chi connectivity index (χ1v) is 6.24. The van der Waals surface area contributed by atoms with E-state index in [-0.39, 0.29) is 5.38 Å². The fourth-order valence-electron chi connectivity index (χ4n) is 2.14. The molecule has 1 aliphatic rings. The Morgan fingerprint density at radius 3 is 2.56 bits per heavy atom. The number of benzene rings is 1. The van der Waals surface area contributed by atoms with Crippen LogP contribution in [-0.4, -0.2) is 7.11 Å². The molecule has 3 heteroatoms. The molecule has 0 aromatic heterocycles. The second-order valence-corrected chi connectivity index (χ2v) is 5.99. The molecule has 0 aliphatic heterocycles. The van der Waals surface area contributed by atoms with Crippen LogP contribution in [0.15, 0.2) is 18.2 Å². The average Bonchev–Trinajstić information content (AvgIpc) is 2.86. The fourth-order valence-corrected chi connectivity index (χ4v) is 2.93. The predicted octanol–water partition coefficient (Wildman–Crippen LogP) is 4.67. The Bertz CT molecular complexity index is 401. The first-order chi connectivity index (χ1) is 7.45. The van der Waals surface area contributed by atoms with E-state index in [4.69, 9.17) is 27.9 Å². The Labute approximate surface area is 107 Å². The van der Waals surface area contributed by atoms with Crippen molar-refractivity contribution < 1.29 is 4.74 Å². The van der Waals surface area contributed by atoms with Crippen molar-refractivity contribution in [3.05, 3.63) is 28.8 Å². The number of hydrogen-bond donors (Lipinski definition) is 0. The third-order valence-corrected chi connectivity index (χ3v) is 4.21. The maximum absolute atomic E-state index is 6.51. The lowest BCUT2D eigenvalue weighted by Crippen LogP contribution is -2.01. The summed E-state index contributed by atoms with van der Waals surface area (Å²) in [5.74, 6) is 1.34. The van der Waals surface area contributed by atoms with Crippen molar-refractivity contribution in [3.8, 4) is 5.75 Å². The van der Waals surface area contributed by atoms with Gasteiger partial charge < -0.3 is 4.74 Å². The molecule has 1 saturated carbocycles. The van der Waals surface area contributed by atoms with Gasteiger partial charge in [0.15, 0.2) is 0 Å². The van der Waals surface area contributed by atoms with Gasteiger partial charge in [0, 0.05) is 10.6 Å². The molecule has 1 aromatic rings. The second-order valence-electron chi connectivity index (χ2n) is 5.09. The number of methoxy groups -OCH3 is 1. The molecule has 0 amide bonds.